The molecule has 4 rings (SSSR count). The number of rotatable bonds is 4. The van der Waals surface area contributed by atoms with E-state index in [1.807, 2.05) is 19.9 Å². The SMILES string of the molecule is Cc1cc(C)n2nc(CC(=O)NCc3nnc4n3CCC4)nc2n1. The van der Waals surface area contributed by atoms with E-state index in [2.05, 4.69) is 35.1 Å². The molecule has 0 aromatic carbocycles. The van der Waals surface area contributed by atoms with Crippen LogP contribution in [-0.2, 0) is 30.7 Å². The molecule has 9 nitrogen and oxygen atoms in total. The van der Waals surface area contributed by atoms with Crippen LogP contribution in [0.15, 0.2) is 6.07 Å². The fourth-order valence-corrected chi connectivity index (χ4v) is 3.01. The van der Waals surface area contributed by atoms with Crippen LogP contribution in [0.25, 0.3) is 5.78 Å². The molecule has 3 aromatic rings. The van der Waals surface area contributed by atoms with Crippen molar-refractivity contribution < 1.29 is 4.79 Å². The van der Waals surface area contributed by atoms with Crippen molar-refractivity contribution in [2.24, 2.45) is 0 Å². The second-order valence-corrected chi connectivity index (χ2v) is 6.02. The van der Waals surface area contributed by atoms with Crippen molar-refractivity contribution >= 4 is 11.7 Å². The Hall–Kier alpha value is -2.84. The molecule has 0 bridgehead atoms. The van der Waals surface area contributed by atoms with Gasteiger partial charge < -0.3 is 9.88 Å². The van der Waals surface area contributed by atoms with Crippen molar-refractivity contribution in [2.45, 2.75) is 46.2 Å². The molecule has 1 amide bonds. The first-order chi connectivity index (χ1) is 11.6. The fourth-order valence-electron chi connectivity index (χ4n) is 3.01. The van der Waals surface area contributed by atoms with E-state index in [0.717, 1.165) is 42.4 Å². The average Bonchev–Trinajstić information content (AvgIpc) is 3.20. The van der Waals surface area contributed by atoms with E-state index in [0.29, 0.717) is 18.1 Å². The van der Waals surface area contributed by atoms with Gasteiger partial charge in [0.25, 0.3) is 5.78 Å². The molecule has 1 aliphatic heterocycles. The van der Waals surface area contributed by atoms with Gasteiger partial charge in [0.1, 0.15) is 5.82 Å². The van der Waals surface area contributed by atoms with Gasteiger partial charge in [-0.2, -0.15) is 4.98 Å². The van der Waals surface area contributed by atoms with E-state index in [9.17, 15) is 4.79 Å². The van der Waals surface area contributed by atoms with Crippen LogP contribution in [0.1, 0.15) is 35.3 Å². The number of fused-ring (bicyclic) bond motifs is 2. The van der Waals surface area contributed by atoms with Gasteiger partial charge in [-0.15, -0.1) is 15.3 Å². The Labute approximate surface area is 138 Å². The first-order valence-corrected chi connectivity index (χ1v) is 7.98. The minimum absolute atomic E-state index is 0.114. The largest absolute Gasteiger partial charge is 0.348 e. The third-order valence-corrected chi connectivity index (χ3v) is 4.11. The van der Waals surface area contributed by atoms with Crippen LogP contribution < -0.4 is 5.32 Å². The van der Waals surface area contributed by atoms with Crippen molar-refractivity contribution in [1.29, 1.82) is 0 Å². The summed E-state index contributed by atoms with van der Waals surface area (Å²) in [6.45, 7) is 5.14. The molecular weight excluding hydrogens is 308 g/mol. The zero-order chi connectivity index (χ0) is 16.7. The van der Waals surface area contributed by atoms with E-state index >= 15 is 0 Å². The summed E-state index contributed by atoms with van der Waals surface area (Å²) >= 11 is 0. The predicted molar refractivity (Wildman–Crippen MR) is 84.1 cm³/mol. The Bertz CT molecular complexity index is 925. The molecule has 1 aliphatic rings. The number of carbonyl (C=O) groups excluding carboxylic acids is 1. The smallest absolute Gasteiger partial charge is 0.252 e. The maximum atomic E-state index is 12.2. The second kappa shape index (κ2) is 5.66. The number of aromatic nitrogens is 7. The summed E-state index contributed by atoms with van der Waals surface area (Å²) in [6, 6.07) is 1.93. The molecular formula is C15H18N8O. The maximum absolute atomic E-state index is 12.2. The molecule has 0 unspecified atom stereocenters. The Morgan fingerprint density at radius 1 is 1.29 bits per heavy atom. The number of aryl methyl sites for hydroxylation is 3. The number of amides is 1. The molecule has 0 spiro atoms. The van der Waals surface area contributed by atoms with E-state index in [1.165, 1.54) is 0 Å². The van der Waals surface area contributed by atoms with Gasteiger partial charge in [0.15, 0.2) is 11.6 Å². The highest BCUT2D eigenvalue weighted by molar-refractivity contribution is 5.77. The molecule has 0 atom stereocenters. The molecule has 9 heteroatoms. The molecule has 3 aromatic heterocycles. The second-order valence-electron chi connectivity index (χ2n) is 6.02. The number of hydrogen-bond acceptors (Lipinski definition) is 6. The van der Waals surface area contributed by atoms with Gasteiger partial charge in [0, 0.05) is 24.4 Å². The number of nitrogens with zero attached hydrogens (tertiary/aromatic N) is 7. The van der Waals surface area contributed by atoms with Crippen LogP contribution in [0.3, 0.4) is 0 Å². The van der Waals surface area contributed by atoms with Gasteiger partial charge in [-0.1, -0.05) is 0 Å². The first kappa shape index (κ1) is 14.7. The molecule has 0 saturated carbocycles. The summed E-state index contributed by atoms with van der Waals surface area (Å²) in [5, 5.41) is 15.5. The van der Waals surface area contributed by atoms with E-state index in [1.54, 1.807) is 4.52 Å². The first-order valence-electron chi connectivity index (χ1n) is 7.98. The van der Waals surface area contributed by atoms with Gasteiger partial charge in [-0.05, 0) is 26.3 Å². The van der Waals surface area contributed by atoms with E-state index in [4.69, 9.17) is 0 Å². The summed E-state index contributed by atoms with van der Waals surface area (Å²) in [6.07, 6.45) is 2.16. The zero-order valence-electron chi connectivity index (χ0n) is 13.7. The molecule has 0 aliphatic carbocycles. The van der Waals surface area contributed by atoms with Gasteiger partial charge >= 0.3 is 0 Å². The molecule has 0 fully saturated rings. The van der Waals surface area contributed by atoms with Gasteiger partial charge in [-0.3, -0.25) is 4.79 Å². The fraction of sp³-hybridized carbons (Fsp3) is 0.467. The maximum Gasteiger partial charge on any atom is 0.252 e. The summed E-state index contributed by atoms with van der Waals surface area (Å²) in [5.74, 6) is 2.63. The number of nitrogens with one attached hydrogen (secondary N) is 1. The van der Waals surface area contributed by atoms with Crippen LogP contribution in [0.2, 0.25) is 0 Å². The lowest BCUT2D eigenvalue weighted by molar-refractivity contribution is -0.120. The van der Waals surface area contributed by atoms with Gasteiger partial charge in [0.05, 0.1) is 13.0 Å². The lowest BCUT2D eigenvalue weighted by atomic mass is 10.4. The normalized spacial score (nSPS) is 13.4. The summed E-state index contributed by atoms with van der Waals surface area (Å²) in [4.78, 5) is 20.8. The minimum Gasteiger partial charge on any atom is -0.348 e. The van der Waals surface area contributed by atoms with E-state index in [-0.39, 0.29) is 12.3 Å². The monoisotopic (exact) mass is 326 g/mol. The van der Waals surface area contributed by atoms with Crippen molar-refractivity contribution in [2.75, 3.05) is 0 Å². The summed E-state index contributed by atoms with van der Waals surface area (Å²) in [5.41, 5.74) is 1.82. The minimum atomic E-state index is -0.143. The van der Waals surface area contributed by atoms with Gasteiger partial charge in [-0.25, -0.2) is 9.50 Å². The molecule has 0 radical (unpaired) electrons. The van der Waals surface area contributed by atoms with Crippen molar-refractivity contribution in [3.05, 3.63) is 34.9 Å². The Kier molecular flexibility index (Phi) is 3.47. The molecule has 124 valence electrons. The molecule has 0 saturated heterocycles. The van der Waals surface area contributed by atoms with Gasteiger partial charge in [0.2, 0.25) is 5.91 Å². The summed E-state index contributed by atoms with van der Waals surface area (Å²) in [7, 11) is 0. The van der Waals surface area contributed by atoms with Crippen LogP contribution in [-0.4, -0.2) is 40.3 Å². The average molecular weight is 326 g/mol. The quantitative estimate of drug-likeness (QED) is 0.731. The predicted octanol–water partition coefficient (Wildman–Crippen LogP) is 0.138. The highest BCUT2D eigenvalue weighted by atomic mass is 16.1. The number of hydrogen-bond donors (Lipinski definition) is 1. The summed E-state index contributed by atoms with van der Waals surface area (Å²) < 4.78 is 3.72. The van der Waals surface area contributed by atoms with Crippen LogP contribution in [0.5, 0.6) is 0 Å². The van der Waals surface area contributed by atoms with Crippen LogP contribution >= 0.6 is 0 Å². The Morgan fingerprint density at radius 3 is 3.04 bits per heavy atom. The molecule has 4 heterocycles. The topological polar surface area (TPSA) is 103 Å². The Balaban J connectivity index is 1.43. The van der Waals surface area contributed by atoms with Crippen molar-refractivity contribution in [3.63, 3.8) is 0 Å². The third kappa shape index (κ3) is 2.61. The van der Waals surface area contributed by atoms with Crippen molar-refractivity contribution in [1.82, 2.24) is 39.7 Å². The third-order valence-electron chi connectivity index (χ3n) is 4.11. The van der Waals surface area contributed by atoms with Crippen LogP contribution in [0.4, 0.5) is 0 Å². The Morgan fingerprint density at radius 2 is 2.17 bits per heavy atom. The van der Waals surface area contributed by atoms with E-state index < -0.39 is 0 Å². The lowest BCUT2D eigenvalue weighted by Crippen LogP contribution is -2.26. The lowest BCUT2D eigenvalue weighted by Gasteiger charge is -2.04. The standard InChI is InChI=1S/C15H18N8O/c1-9-6-10(2)23-15(17-9)18-11(21-23)7-14(24)16-8-13-20-19-12-4-3-5-22(12)13/h6H,3-5,7-8H2,1-2H3,(H,16,24). The van der Waals surface area contributed by atoms with Crippen LogP contribution in [0, 0.1) is 13.8 Å². The highest BCUT2D eigenvalue weighted by Gasteiger charge is 2.18. The van der Waals surface area contributed by atoms with Crippen molar-refractivity contribution in [3.8, 4) is 0 Å². The zero-order valence-corrected chi connectivity index (χ0v) is 13.7. The highest BCUT2D eigenvalue weighted by Crippen LogP contribution is 2.13. The number of carbonyl (C=O) groups is 1. The molecule has 24 heavy (non-hydrogen) atoms. The molecule has 1 N–H and O–H groups in total.